The number of aliphatic hydroxyl groups excluding tert-OH is 1. The summed E-state index contributed by atoms with van der Waals surface area (Å²) in [5.74, 6) is 0.0873. The highest BCUT2D eigenvalue weighted by molar-refractivity contribution is 5.44. The van der Waals surface area contributed by atoms with Gasteiger partial charge in [0.1, 0.15) is 0 Å². The lowest BCUT2D eigenvalue weighted by Crippen LogP contribution is -2.36. The van der Waals surface area contributed by atoms with Crippen LogP contribution in [0.2, 0.25) is 0 Å². The molecule has 0 bridgehead atoms. The van der Waals surface area contributed by atoms with E-state index in [0.29, 0.717) is 18.0 Å². The normalized spacial score (nSPS) is 13.0. The summed E-state index contributed by atoms with van der Waals surface area (Å²) in [7, 11) is 0. The third-order valence-corrected chi connectivity index (χ3v) is 2.65. The average Bonchev–Trinajstić information content (AvgIpc) is 2.24. The second kappa shape index (κ2) is 5.72. The third-order valence-electron chi connectivity index (χ3n) is 2.65. The van der Waals surface area contributed by atoms with Crippen molar-refractivity contribution in [2.75, 3.05) is 6.61 Å². The Bertz CT molecular complexity index is 339. The van der Waals surface area contributed by atoms with Gasteiger partial charge in [-0.3, -0.25) is 0 Å². The first-order valence-electron chi connectivity index (χ1n) is 5.40. The second-order valence-electron chi connectivity index (χ2n) is 4.20. The molecular weight excluding hydrogens is 206 g/mol. The average molecular weight is 225 g/mol. The number of rotatable bonds is 5. The molecule has 4 N–H and O–H groups in total. The fraction of sp³-hybridized carbons (Fsp3) is 0.500. The van der Waals surface area contributed by atoms with E-state index >= 15 is 0 Å². The first kappa shape index (κ1) is 12.8. The van der Waals surface area contributed by atoms with Crippen LogP contribution < -0.4 is 5.32 Å². The minimum Gasteiger partial charge on any atom is -0.504 e. The van der Waals surface area contributed by atoms with Crippen LogP contribution in [0.5, 0.6) is 11.5 Å². The van der Waals surface area contributed by atoms with Gasteiger partial charge in [-0.05, 0) is 12.0 Å². The lowest BCUT2D eigenvalue weighted by Gasteiger charge is -2.20. The predicted octanol–water partition coefficient (Wildman–Crippen LogP) is 1.20. The van der Waals surface area contributed by atoms with Crippen molar-refractivity contribution in [1.82, 2.24) is 5.32 Å². The van der Waals surface area contributed by atoms with Gasteiger partial charge in [0.15, 0.2) is 11.5 Å². The van der Waals surface area contributed by atoms with Crippen molar-refractivity contribution >= 4 is 0 Å². The third kappa shape index (κ3) is 3.12. The van der Waals surface area contributed by atoms with E-state index in [1.54, 1.807) is 12.1 Å². The Morgan fingerprint density at radius 2 is 1.94 bits per heavy atom. The van der Waals surface area contributed by atoms with Gasteiger partial charge in [0.2, 0.25) is 0 Å². The number of benzene rings is 1. The highest BCUT2D eigenvalue weighted by atomic mass is 16.3. The van der Waals surface area contributed by atoms with Crippen molar-refractivity contribution < 1.29 is 15.3 Å². The fourth-order valence-electron chi connectivity index (χ4n) is 1.47. The number of nitrogens with one attached hydrogen (secondary N) is 1. The number of para-hydroxylation sites is 1. The van der Waals surface area contributed by atoms with E-state index in [1.807, 2.05) is 13.8 Å². The molecule has 1 aromatic rings. The molecule has 0 amide bonds. The monoisotopic (exact) mass is 225 g/mol. The zero-order chi connectivity index (χ0) is 12.1. The quantitative estimate of drug-likeness (QED) is 0.568. The molecule has 0 aromatic heterocycles. The van der Waals surface area contributed by atoms with Crippen LogP contribution in [0.3, 0.4) is 0 Å². The molecule has 4 heteroatoms. The van der Waals surface area contributed by atoms with Crippen LogP contribution in [-0.4, -0.2) is 28.0 Å². The molecule has 0 aliphatic heterocycles. The molecule has 0 aliphatic carbocycles. The summed E-state index contributed by atoms with van der Waals surface area (Å²) in [6.45, 7) is 4.49. The summed E-state index contributed by atoms with van der Waals surface area (Å²) in [6.07, 6.45) is 0. The Balaban J connectivity index is 2.64. The van der Waals surface area contributed by atoms with Gasteiger partial charge < -0.3 is 20.6 Å². The maximum absolute atomic E-state index is 9.57. The number of hydrogen-bond donors (Lipinski definition) is 4. The largest absolute Gasteiger partial charge is 0.504 e. The van der Waals surface area contributed by atoms with Gasteiger partial charge in [-0.15, -0.1) is 0 Å². The standard InChI is InChI=1S/C12H19NO3/c1-8(2)10(7-14)13-6-9-4-3-5-11(15)12(9)16/h3-5,8,10,13-16H,6-7H2,1-2H3. The number of aliphatic hydroxyl groups is 1. The van der Waals surface area contributed by atoms with E-state index in [0.717, 1.165) is 0 Å². The van der Waals surface area contributed by atoms with Crippen LogP contribution in [0.1, 0.15) is 19.4 Å². The minimum atomic E-state index is -0.121. The summed E-state index contributed by atoms with van der Waals surface area (Å²) in [5.41, 5.74) is 0.624. The van der Waals surface area contributed by atoms with Crippen molar-refractivity contribution in [3.05, 3.63) is 23.8 Å². The van der Waals surface area contributed by atoms with Crippen molar-refractivity contribution in [1.29, 1.82) is 0 Å². The summed E-state index contributed by atoms with van der Waals surface area (Å²) in [5, 5.41) is 31.1. The van der Waals surface area contributed by atoms with Gasteiger partial charge in [-0.25, -0.2) is 0 Å². The predicted molar refractivity (Wildman–Crippen MR) is 62.3 cm³/mol. The van der Waals surface area contributed by atoms with Gasteiger partial charge in [0.25, 0.3) is 0 Å². The molecule has 1 rings (SSSR count). The zero-order valence-corrected chi connectivity index (χ0v) is 9.64. The molecule has 0 heterocycles. The lowest BCUT2D eigenvalue weighted by atomic mass is 10.0. The molecule has 1 unspecified atom stereocenters. The first-order valence-corrected chi connectivity index (χ1v) is 5.40. The van der Waals surface area contributed by atoms with Crippen LogP contribution in [-0.2, 0) is 6.54 Å². The molecule has 16 heavy (non-hydrogen) atoms. The minimum absolute atomic E-state index is 0.0123. The van der Waals surface area contributed by atoms with E-state index in [4.69, 9.17) is 5.11 Å². The van der Waals surface area contributed by atoms with E-state index in [1.165, 1.54) is 6.07 Å². The SMILES string of the molecule is CC(C)C(CO)NCc1cccc(O)c1O. The second-order valence-corrected chi connectivity index (χ2v) is 4.20. The van der Waals surface area contributed by atoms with E-state index in [2.05, 4.69) is 5.32 Å². The smallest absolute Gasteiger partial charge is 0.161 e. The molecule has 0 fully saturated rings. The topological polar surface area (TPSA) is 72.7 Å². The molecule has 1 atom stereocenters. The number of phenols is 2. The summed E-state index contributed by atoms with van der Waals surface area (Å²) in [6, 6.07) is 4.83. The highest BCUT2D eigenvalue weighted by Gasteiger charge is 2.12. The van der Waals surface area contributed by atoms with Crippen LogP contribution in [0.15, 0.2) is 18.2 Å². The molecule has 0 saturated heterocycles. The van der Waals surface area contributed by atoms with Gasteiger partial charge in [-0.1, -0.05) is 26.0 Å². The Morgan fingerprint density at radius 3 is 2.50 bits per heavy atom. The van der Waals surface area contributed by atoms with E-state index in [-0.39, 0.29) is 24.1 Å². The molecule has 0 radical (unpaired) electrons. The Hall–Kier alpha value is -1.26. The Morgan fingerprint density at radius 1 is 1.25 bits per heavy atom. The lowest BCUT2D eigenvalue weighted by molar-refractivity contribution is 0.209. The van der Waals surface area contributed by atoms with Gasteiger partial charge in [0, 0.05) is 18.2 Å². The Kier molecular flexibility index (Phi) is 4.58. The first-order chi connectivity index (χ1) is 7.56. The van der Waals surface area contributed by atoms with Crippen LogP contribution in [0, 0.1) is 5.92 Å². The molecule has 0 aliphatic rings. The molecule has 4 nitrogen and oxygen atoms in total. The molecule has 0 saturated carbocycles. The van der Waals surface area contributed by atoms with Gasteiger partial charge in [0.05, 0.1) is 6.61 Å². The van der Waals surface area contributed by atoms with Crippen molar-refractivity contribution in [2.24, 2.45) is 5.92 Å². The zero-order valence-electron chi connectivity index (χ0n) is 9.64. The maximum atomic E-state index is 9.57. The molecule has 1 aromatic carbocycles. The molecule has 0 spiro atoms. The highest BCUT2D eigenvalue weighted by Crippen LogP contribution is 2.28. The van der Waals surface area contributed by atoms with Crippen LogP contribution >= 0.6 is 0 Å². The number of hydrogen-bond acceptors (Lipinski definition) is 4. The van der Waals surface area contributed by atoms with Gasteiger partial charge >= 0.3 is 0 Å². The van der Waals surface area contributed by atoms with Crippen molar-refractivity contribution in [3.8, 4) is 11.5 Å². The Labute approximate surface area is 95.6 Å². The fourth-order valence-corrected chi connectivity index (χ4v) is 1.47. The van der Waals surface area contributed by atoms with Crippen molar-refractivity contribution in [3.63, 3.8) is 0 Å². The van der Waals surface area contributed by atoms with Crippen LogP contribution in [0.25, 0.3) is 0 Å². The number of phenolic OH excluding ortho intramolecular Hbond substituents is 2. The molecular formula is C12H19NO3. The van der Waals surface area contributed by atoms with E-state index < -0.39 is 0 Å². The maximum Gasteiger partial charge on any atom is 0.161 e. The van der Waals surface area contributed by atoms with E-state index in [9.17, 15) is 10.2 Å². The number of aromatic hydroxyl groups is 2. The van der Waals surface area contributed by atoms with Crippen LogP contribution in [0.4, 0.5) is 0 Å². The van der Waals surface area contributed by atoms with Crippen molar-refractivity contribution in [2.45, 2.75) is 26.4 Å². The summed E-state index contributed by atoms with van der Waals surface area (Å²) < 4.78 is 0. The van der Waals surface area contributed by atoms with Gasteiger partial charge in [-0.2, -0.15) is 0 Å². The molecule has 90 valence electrons. The summed E-state index contributed by atoms with van der Waals surface area (Å²) >= 11 is 0. The summed E-state index contributed by atoms with van der Waals surface area (Å²) in [4.78, 5) is 0.